The minimum Gasteiger partial charge on any atom is -0.481 e. The van der Waals surface area contributed by atoms with E-state index in [2.05, 4.69) is 0 Å². The molecule has 6 nitrogen and oxygen atoms in total. The lowest BCUT2D eigenvalue weighted by Gasteiger charge is -2.43. The molecule has 6 heteroatoms. The summed E-state index contributed by atoms with van der Waals surface area (Å²) in [6.07, 6.45) is 0.182. The van der Waals surface area contributed by atoms with Crippen molar-refractivity contribution in [1.29, 1.82) is 0 Å². The van der Waals surface area contributed by atoms with Crippen LogP contribution in [0.2, 0.25) is 0 Å². The fourth-order valence-electron chi connectivity index (χ4n) is 2.56. The predicted molar refractivity (Wildman–Crippen MR) is 73.4 cm³/mol. The number of carboxylic acids is 1. The summed E-state index contributed by atoms with van der Waals surface area (Å²) in [5.41, 5.74) is -1.80. The minimum atomic E-state index is -1.24. The maximum absolute atomic E-state index is 12.0. The number of carbonyl (C=O) groups is 2. The number of amides is 1. The molecule has 1 heterocycles. The van der Waals surface area contributed by atoms with Crippen LogP contribution in [0.5, 0.6) is 0 Å². The zero-order valence-electron chi connectivity index (χ0n) is 12.7. The van der Waals surface area contributed by atoms with Crippen LogP contribution in [0.3, 0.4) is 0 Å². The summed E-state index contributed by atoms with van der Waals surface area (Å²) >= 11 is 0. The second kappa shape index (κ2) is 5.99. The third kappa shape index (κ3) is 4.37. The molecule has 1 aliphatic heterocycles. The van der Waals surface area contributed by atoms with E-state index in [0.29, 0.717) is 19.5 Å². The number of piperidine rings is 1. The Hall–Kier alpha value is -1.30. The fourth-order valence-corrected chi connectivity index (χ4v) is 2.56. The zero-order chi connectivity index (χ0) is 15.6. The number of aliphatic hydroxyl groups is 1. The van der Waals surface area contributed by atoms with E-state index >= 15 is 0 Å². The molecule has 1 rings (SSSR count). The average molecular weight is 287 g/mol. The normalized spacial score (nSPS) is 27.2. The van der Waals surface area contributed by atoms with Gasteiger partial charge in [-0.3, -0.25) is 4.79 Å². The molecule has 0 saturated carbocycles. The van der Waals surface area contributed by atoms with Crippen LogP contribution in [-0.2, 0) is 9.53 Å². The SMILES string of the molecule is CCC1CN(C(=O)OC(C)(C)C)CCC1(O)CC(=O)O. The number of hydrogen-bond donors (Lipinski definition) is 2. The molecule has 0 spiro atoms. The largest absolute Gasteiger partial charge is 0.481 e. The molecule has 2 atom stereocenters. The maximum atomic E-state index is 12.0. The van der Waals surface area contributed by atoms with Gasteiger partial charge in [0.05, 0.1) is 12.0 Å². The number of aliphatic carboxylic acids is 1. The number of ether oxygens (including phenoxy) is 1. The van der Waals surface area contributed by atoms with E-state index in [4.69, 9.17) is 9.84 Å². The molecule has 0 aliphatic carbocycles. The van der Waals surface area contributed by atoms with Gasteiger partial charge < -0.3 is 19.8 Å². The first-order valence-corrected chi connectivity index (χ1v) is 6.99. The molecule has 0 aromatic rings. The van der Waals surface area contributed by atoms with Crippen LogP contribution in [0.25, 0.3) is 0 Å². The number of carbonyl (C=O) groups excluding carboxylic acids is 1. The lowest BCUT2D eigenvalue weighted by Crippen LogP contribution is -2.54. The standard InChI is InChI=1S/C14H25NO5/c1-5-10-9-15(12(18)20-13(2,3)4)7-6-14(10,19)8-11(16)17/h10,19H,5-9H2,1-4H3,(H,16,17). The number of hydrogen-bond acceptors (Lipinski definition) is 4. The highest BCUT2D eigenvalue weighted by Crippen LogP contribution is 2.33. The molecular formula is C14H25NO5. The van der Waals surface area contributed by atoms with Gasteiger partial charge in [0.25, 0.3) is 0 Å². The fraction of sp³-hybridized carbons (Fsp3) is 0.857. The second-order valence-electron chi connectivity index (χ2n) is 6.46. The Morgan fingerprint density at radius 1 is 1.40 bits per heavy atom. The molecule has 2 N–H and O–H groups in total. The highest BCUT2D eigenvalue weighted by atomic mass is 16.6. The Labute approximate surface area is 119 Å². The van der Waals surface area contributed by atoms with Crippen molar-refractivity contribution in [1.82, 2.24) is 4.90 Å². The van der Waals surface area contributed by atoms with Crippen LogP contribution in [-0.4, -0.2) is 51.5 Å². The third-order valence-electron chi connectivity index (χ3n) is 3.62. The van der Waals surface area contributed by atoms with Crippen molar-refractivity contribution >= 4 is 12.1 Å². The first-order valence-electron chi connectivity index (χ1n) is 6.99. The minimum absolute atomic E-state index is 0.250. The summed E-state index contributed by atoms with van der Waals surface area (Å²) in [6.45, 7) is 7.92. The average Bonchev–Trinajstić information content (AvgIpc) is 2.25. The summed E-state index contributed by atoms with van der Waals surface area (Å²) in [6, 6.07) is 0. The van der Waals surface area contributed by atoms with Crippen molar-refractivity contribution in [2.75, 3.05) is 13.1 Å². The molecule has 1 amide bonds. The summed E-state index contributed by atoms with van der Waals surface area (Å²) in [5.74, 6) is -1.27. The molecule has 1 saturated heterocycles. The van der Waals surface area contributed by atoms with Crippen LogP contribution in [0, 0.1) is 5.92 Å². The lowest BCUT2D eigenvalue weighted by molar-refractivity contribution is -0.148. The molecule has 1 fully saturated rings. The Balaban J connectivity index is 2.72. The summed E-state index contributed by atoms with van der Waals surface area (Å²) in [4.78, 5) is 24.4. The number of carboxylic acid groups (broad SMARTS) is 1. The second-order valence-corrected chi connectivity index (χ2v) is 6.46. The Kier molecular flexibility index (Phi) is 5.02. The summed E-state index contributed by atoms with van der Waals surface area (Å²) < 4.78 is 5.31. The van der Waals surface area contributed by atoms with Gasteiger partial charge >= 0.3 is 12.1 Å². The van der Waals surface area contributed by atoms with E-state index in [-0.39, 0.29) is 18.8 Å². The van der Waals surface area contributed by atoms with Gasteiger partial charge in [-0.1, -0.05) is 6.92 Å². The maximum Gasteiger partial charge on any atom is 0.410 e. The van der Waals surface area contributed by atoms with Crippen molar-refractivity contribution in [3.8, 4) is 0 Å². The molecule has 1 aliphatic rings. The van der Waals surface area contributed by atoms with Gasteiger partial charge in [0.1, 0.15) is 5.60 Å². The zero-order valence-corrected chi connectivity index (χ0v) is 12.7. The topological polar surface area (TPSA) is 87.1 Å². The number of likely N-dealkylation sites (tertiary alicyclic amines) is 1. The Bertz CT molecular complexity index is 376. The molecule has 20 heavy (non-hydrogen) atoms. The number of rotatable bonds is 3. The van der Waals surface area contributed by atoms with Crippen molar-refractivity contribution in [3.63, 3.8) is 0 Å². The van der Waals surface area contributed by atoms with Gasteiger partial charge in [-0.25, -0.2) is 4.79 Å². The molecule has 0 aromatic carbocycles. The van der Waals surface area contributed by atoms with Crippen LogP contribution in [0.1, 0.15) is 47.0 Å². The molecular weight excluding hydrogens is 262 g/mol. The Morgan fingerprint density at radius 2 is 2.00 bits per heavy atom. The van der Waals surface area contributed by atoms with E-state index in [1.807, 2.05) is 6.92 Å². The molecule has 0 bridgehead atoms. The first kappa shape index (κ1) is 16.8. The molecule has 2 unspecified atom stereocenters. The van der Waals surface area contributed by atoms with E-state index in [1.54, 1.807) is 25.7 Å². The quantitative estimate of drug-likeness (QED) is 0.827. The van der Waals surface area contributed by atoms with Crippen LogP contribution in [0.15, 0.2) is 0 Å². The van der Waals surface area contributed by atoms with Crippen molar-refractivity contribution in [2.24, 2.45) is 5.92 Å². The van der Waals surface area contributed by atoms with Crippen LogP contribution in [0.4, 0.5) is 4.79 Å². The predicted octanol–water partition coefficient (Wildman–Crippen LogP) is 1.86. The lowest BCUT2D eigenvalue weighted by atomic mass is 9.77. The van der Waals surface area contributed by atoms with Gasteiger partial charge in [-0.15, -0.1) is 0 Å². The van der Waals surface area contributed by atoms with Gasteiger partial charge in [0.2, 0.25) is 0 Å². The van der Waals surface area contributed by atoms with Crippen LogP contribution < -0.4 is 0 Å². The highest BCUT2D eigenvalue weighted by Gasteiger charge is 2.43. The van der Waals surface area contributed by atoms with E-state index < -0.39 is 23.3 Å². The Morgan fingerprint density at radius 3 is 2.45 bits per heavy atom. The van der Waals surface area contributed by atoms with Crippen LogP contribution >= 0.6 is 0 Å². The molecule has 0 radical (unpaired) electrons. The van der Waals surface area contributed by atoms with Gasteiger partial charge in [-0.2, -0.15) is 0 Å². The van der Waals surface area contributed by atoms with Crippen molar-refractivity contribution in [2.45, 2.75) is 58.2 Å². The van der Waals surface area contributed by atoms with E-state index in [9.17, 15) is 14.7 Å². The monoisotopic (exact) mass is 287 g/mol. The van der Waals surface area contributed by atoms with Gasteiger partial charge in [-0.05, 0) is 33.6 Å². The third-order valence-corrected chi connectivity index (χ3v) is 3.62. The summed E-state index contributed by atoms with van der Waals surface area (Å²) in [5, 5.41) is 19.4. The number of nitrogens with zero attached hydrogens (tertiary/aromatic N) is 1. The first-order chi connectivity index (χ1) is 9.07. The molecule has 116 valence electrons. The van der Waals surface area contributed by atoms with E-state index in [0.717, 1.165) is 0 Å². The van der Waals surface area contributed by atoms with Crippen molar-refractivity contribution in [3.05, 3.63) is 0 Å². The van der Waals surface area contributed by atoms with Crippen molar-refractivity contribution < 1.29 is 24.5 Å². The van der Waals surface area contributed by atoms with Gasteiger partial charge in [0, 0.05) is 19.0 Å². The summed E-state index contributed by atoms with van der Waals surface area (Å²) in [7, 11) is 0. The van der Waals surface area contributed by atoms with Gasteiger partial charge in [0.15, 0.2) is 0 Å². The highest BCUT2D eigenvalue weighted by molar-refractivity contribution is 5.69. The smallest absolute Gasteiger partial charge is 0.410 e. The molecule has 0 aromatic heterocycles. The van der Waals surface area contributed by atoms with E-state index in [1.165, 1.54) is 0 Å².